The fourth-order valence-electron chi connectivity index (χ4n) is 1.81. The van der Waals surface area contributed by atoms with Crippen LogP contribution < -0.4 is 4.74 Å². The van der Waals surface area contributed by atoms with Crippen molar-refractivity contribution in [1.82, 2.24) is 0 Å². The van der Waals surface area contributed by atoms with Crippen LogP contribution in [0, 0.1) is 11.3 Å². The number of esters is 1. The van der Waals surface area contributed by atoms with Gasteiger partial charge < -0.3 is 9.47 Å². The van der Waals surface area contributed by atoms with Gasteiger partial charge in [0.2, 0.25) is 0 Å². The Labute approximate surface area is 126 Å². The molecule has 0 saturated carbocycles. The van der Waals surface area contributed by atoms with Crippen molar-refractivity contribution in [2.75, 3.05) is 13.7 Å². The summed E-state index contributed by atoms with van der Waals surface area (Å²) in [6.07, 6.45) is 7.21. The fraction of sp³-hybridized carbons (Fsp3) is 0.412. The van der Waals surface area contributed by atoms with E-state index in [1.807, 2.05) is 0 Å². The highest BCUT2D eigenvalue weighted by molar-refractivity contribution is 5.87. The second-order valence-electron chi connectivity index (χ2n) is 4.63. The lowest BCUT2D eigenvalue weighted by Gasteiger charge is -2.03. The summed E-state index contributed by atoms with van der Waals surface area (Å²) in [7, 11) is 1.54. The topological polar surface area (TPSA) is 59.3 Å². The van der Waals surface area contributed by atoms with Gasteiger partial charge >= 0.3 is 5.97 Å². The van der Waals surface area contributed by atoms with Crippen LogP contribution in [-0.2, 0) is 9.53 Å². The number of ether oxygens (including phenoxy) is 2. The predicted molar refractivity (Wildman–Crippen MR) is 81.8 cm³/mol. The molecule has 0 atom stereocenters. The van der Waals surface area contributed by atoms with Crippen LogP contribution in [0.3, 0.4) is 0 Å². The van der Waals surface area contributed by atoms with E-state index in [2.05, 4.69) is 13.0 Å². The lowest BCUT2D eigenvalue weighted by molar-refractivity contribution is -0.137. The van der Waals surface area contributed by atoms with E-state index in [9.17, 15) is 4.79 Å². The second kappa shape index (κ2) is 9.60. The molecule has 0 radical (unpaired) electrons. The molecule has 21 heavy (non-hydrogen) atoms. The summed E-state index contributed by atoms with van der Waals surface area (Å²) < 4.78 is 10.2. The molecule has 0 unspecified atom stereocenters. The molecule has 112 valence electrons. The number of benzene rings is 1. The first-order chi connectivity index (χ1) is 10.2. The number of carbonyl (C=O) groups is 1. The fourth-order valence-corrected chi connectivity index (χ4v) is 1.81. The van der Waals surface area contributed by atoms with Gasteiger partial charge in [-0.05, 0) is 36.3 Å². The molecular weight excluding hydrogens is 266 g/mol. The Morgan fingerprint density at radius 3 is 2.81 bits per heavy atom. The minimum atomic E-state index is -0.383. The van der Waals surface area contributed by atoms with E-state index in [1.54, 1.807) is 31.4 Å². The van der Waals surface area contributed by atoms with Crippen LogP contribution >= 0.6 is 0 Å². The Kier molecular flexibility index (Phi) is 7.67. The quantitative estimate of drug-likeness (QED) is 0.415. The molecule has 0 fully saturated rings. The minimum absolute atomic E-state index is 0.383. The van der Waals surface area contributed by atoms with Crippen molar-refractivity contribution < 1.29 is 14.3 Å². The molecule has 0 saturated heterocycles. The summed E-state index contributed by atoms with van der Waals surface area (Å²) >= 11 is 0. The van der Waals surface area contributed by atoms with E-state index in [0.717, 1.165) is 25.7 Å². The molecule has 0 aliphatic rings. The lowest BCUT2D eigenvalue weighted by Crippen LogP contribution is -2.02. The Hall–Kier alpha value is -2.28. The Morgan fingerprint density at radius 1 is 1.33 bits per heavy atom. The second-order valence-corrected chi connectivity index (χ2v) is 4.63. The third kappa shape index (κ3) is 6.13. The minimum Gasteiger partial charge on any atom is -0.497 e. The molecule has 4 nitrogen and oxygen atoms in total. The van der Waals surface area contributed by atoms with Crippen LogP contribution in [0.2, 0.25) is 0 Å². The van der Waals surface area contributed by atoms with Crippen LogP contribution in [0.4, 0.5) is 0 Å². The molecule has 0 aliphatic heterocycles. The van der Waals surface area contributed by atoms with Crippen molar-refractivity contribution in [2.24, 2.45) is 0 Å². The first kappa shape index (κ1) is 16.8. The molecule has 1 rings (SSSR count). The summed E-state index contributed by atoms with van der Waals surface area (Å²) in [5.74, 6) is 0.230. The number of carbonyl (C=O) groups excluding carboxylic acids is 1. The zero-order chi connectivity index (χ0) is 15.5. The van der Waals surface area contributed by atoms with Crippen LogP contribution in [0.1, 0.15) is 43.7 Å². The highest BCUT2D eigenvalue weighted by atomic mass is 16.5. The van der Waals surface area contributed by atoms with Gasteiger partial charge in [-0.2, -0.15) is 5.26 Å². The molecule has 0 heterocycles. The number of methoxy groups -OCH3 is 1. The summed E-state index contributed by atoms with van der Waals surface area (Å²) in [6, 6.07) is 7.20. The van der Waals surface area contributed by atoms with Crippen molar-refractivity contribution >= 4 is 12.0 Å². The van der Waals surface area contributed by atoms with Crippen molar-refractivity contribution in [3.8, 4) is 11.8 Å². The first-order valence-electron chi connectivity index (χ1n) is 7.14. The van der Waals surface area contributed by atoms with E-state index in [-0.39, 0.29) is 5.97 Å². The molecule has 1 aromatic carbocycles. The maximum Gasteiger partial charge on any atom is 0.330 e. The molecule has 0 bridgehead atoms. The zero-order valence-electron chi connectivity index (χ0n) is 12.6. The van der Waals surface area contributed by atoms with Gasteiger partial charge in [0.15, 0.2) is 0 Å². The Balaban J connectivity index is 2.52. The Bertz CT molecular complexity index is 529. The van der Waals surface area contributed by atoms with Gasteiger partial charge in [0.05, 0.1) is 25.3 Å². The molecule has 0 amide bonds. The monoisotopic (exact) mass is 287 g/mol. The number of hydrogen-bond acceptors (Lipinski definition) is 4. The van der Waals surface area contributed by atoms with Gasteiger partial charge in [-0.1, -0.05) is 26.2 Å². The third-order valence-corrected chi connectivity index (χ3v) is 3.02. The third-order valence-electron chi connectivity index (χ3n) is 3.02. The highest BCUT2D eigenvalue weighted by Crippen LogP contribution is 2.18. The average Bonchev–Trinajstić information content (AvgIpc) is 2.52. The standard InChI is InChI=1S/C17H21NO3/c1-3-4-5-6-11-21-17(19)10-8-14-7-9-16(20-2)12-15(14)13-18/h7-10,12H,3-6,11H2,1-2H3/b10-8+. The molecule has 1 aromatic rings. The maximum absolute atomic E-state index is 11.6. The average molecular weight is 287 g/mol. The highest BCUT2D eigenvalue weighted by Gasteiger charge is 2.02. The Morgan fingerprint density at radius 2 is 2.14 bits per heavy atom. The summed E-state index contributed by atoms with van der Waals surface area (Å²) in [5, 5.41) is 9.07. The number of hydrogen-bond donors (Lipinski definition) is 0. The molecule has 0 aromatic heterocycles. The van der Waals surface area contributed by atoms with Crippen LogP contribution in [-0.4, -0.2) is 19.7 Å². The van der Waals surface area contributed by atoms with Crippen LogP contribution in [0.5, 0.6) is 5.75 Å². The van der Waals surface area contributed by atoms with Crippen molar-refractivity contribution in [2.45, 2.75) is 32.6 Å². The van der Waals surface area contributed by atoms with E-state index in [1.165, 1.54) is 6.08 Å². The molecule has 0 N–H and O–H groups in total. The predicted octanol–water partition coefficient (Wildman–Crippen LogP) is 3.70. The molecule has 4 heteroatoms. The van der Waals surface area contributed by atoms with Gasteiger partial charge in [0, 0.05) is 6.08 Å². The van der Waals surface area contributed by atoms with Crippen molar-refractivity contribution in [3.63, 3.8) is 0 Å². The largest absolute Gasteiger partial charge is 0.497 e. The SMILES string of the molecule is CCCCCCOC(=O)/C=C/c1ccc(OC)cc1C#N. The lowest BCUT2D eigenvalue weighted by atomic mass is 10.1. The summed E-state index contributed by atoms with van der Waals surface area (Å²) in [6.45, 7) is 2.58. The molecule has 0 spiro atoms. The summed E-state index contributed by atoms with van der Waals surface area (Å²) in [5.41, 5.74) is 1.13. The van der Waals surface area contributed by atoms with Gasteiger partial charge in [-0.15, -0.1) is 0 Å². The number of rotatable bonds is 8. The normalized spacial score (nSPS) is 10.3. The zero-order valence-corrected chi connectivity index (χ0v) is 12.6. The van der Waals surface area contributed by atoms with Crippen molar-refractivity contribution in [3.05, 3.63) is 35.4 Å². The number of nitriles is 1. The molecular formula is C17H21NO3. The number of unbranched alkanes of at least 4 members (excludes halogenated alkanes) is 3. The maximum atomic E-state index is 11.6. The van der Waals surface area contributed by atoms with E-state index in [4.69, 9.17) is 14.7 Å². The summed E-state index contributed by atoms with van der Waals surface area (Å²) in [4.78, 5) is 11.6. The first-order valence-corrected chi connectivity index (χ1v) is 7.14. The van der Waals surface area contributed by atoms with Gasteiger partial charge in [0.1, 0.15) is 5.75 Å². The van der Waals surface area contributed by atoms with Gasteiger partial charge in [0.25, 0.3) is 0 Å². The van der Waals surface area contributed by atoms with E-state index in [0.29, 0.717) is 23.5 Å². The number of nitrogens with zero attached hydrogens (tertiary/aromatic N) is 1. The molecule has 0 aliphatic carbocycles. The smallest absolute Gasteiger partial charge is 0.330 e. The van der Waals surface area contributed by atoms with Crippen molar-refractivity contribution in [1.29, 1.82) is 5.26 Å². The van der Waals surface area contributed by atoms with E-state index >= 15 is 0 Å². The van der Waals surface area contributed by atoms with E-state index < -0.39 is 0 Å². The van der Waals surface area contributed by atoms with Gasteiger partial charge in [-0.25, -0.2) is 4.79 Å². The van der Waals surface area contributed by atoms with Crippen LogP contribution in [0.25, 0.3) is 6.08 Å². The van der Waals surface area contributed by atoms with Gasteiger partial charge in [-0.3, -0.25) is 0 Å². The van der Waals surface area contributed by atoms with Crippen LogP contribution in [0.15, 0.2) is 24.3 Å².